The molecule has 0 radical (unpaired) electrons. The van der Waals surface area contributed by atoms with E-state index in [0.717, 1.165) is 30.6 Å². The highest BCUT2D eigenvalue weighted by molar-refractivity contribution is 5.91. The average molecular weight is 315 g/mol. The fourth-order valence-electron chi connectivity index (χ4n) is 7.85. The van der Waals surface area contributed by atoms with Gasteiger partial charge in [0.15, 0.2) is 5.78 Å². The van der Waals surface area contributed by atoms with Gasteiger partial charge in [0.25, 0.3) is 0 Å². The van der Waals surface area contributed by atoms with Crippen LogP contribution >= 0.6 is 0 Å². The van der Waals surface area contributed by atoms with Crippen LogP contribution in [0.15, 0.2) is 11.6 Å². The zero-order valence-corrected chi connectivity index (χ0v) is 16.0. The third kappa shape index (κ3) is 1.63. The third-order valence-corrected chi connectivity index (χ3v) is 9.95. The highest BCUT2D eigenvalue weighted by atomic mass is 16.1. The number of hydrogen-bond acceptors (Lipinski definition) is 1. The van der Waals surface area contributed by atoms with Crippen LogP contribution in [0.2, 0.25) is 0 Å². The van der Waals surface area contributed by atoms with Gasteiger partial charge in [-0.05, 0) is 77.6 Å². The fraction of sp³-hybridized carbons (Fsp3) is 0.864. The van der Waals surface area contributed by atoms with Gasteiger partial charge in [0.1, 0.15) is 0 Å². The van der Waals surface area contributed by atoms with Crippen LogP contribution in [0.25, 0.3) is 0 Å². The van der Waals surface area contributed by atoms with E-state index in [-0.39, 0.29) is 0 Å². The van der Waals surface area contributed by atoms with Crippen LogP contribution in [0.4, 0.5) is 0 Å². The van der Waals surface area contributed by atoms with Gasteiger partial charge in [-0.15, -0.1) is 0 Å². The lowest BCUT2D eigenvalue weighted by Crippen LogP contribution is -2.72. The maximum absolute atomic E-state index is 11.9. The van der Waals surface area contributed by atoms with Gasteiger partial charge in [-0.3, -0.25) is 4.79 Å². The van der Waals surface area contributed by atoms with Crippen molar-refractivity contribution in [3.63, 3.8) is 0 Å². The standard InChI is InChI=1S/C22H34O/c1-19(2)18-16-8-7-14-13-15(23)9-11-21(14,5)17(16)10-12-22(18,6)20(19,3)4/h13,16-18H,7-12H2,1-6H3. The van der Waals surface area contributed by atoms with Crippen molar-refractivity contribution in [3.8, 4) is 0 Å². The predicted octanol–water partition coefficient (Wildman–Crippen LogP) is 5.79. The molecule has 0 spiro atoms. The average Bonchev–Trinajstić information content (AvgIpc) is 2.47. The second-order valence-corrected chi connectivity index (χ2v) is 10.6. The number of rotatable bonds is 0. The van der Waals surface area contributed by atoms with Gasteiger partial charge in [0.2, 0.25) is 0 Å². The Balaban J connectivity index is 1.73. The molecule has 1 nitrogen and oxygen atoms in total. The minimum absolute atomic E-state index is 0.313. The van der Waals surface area contributed by atoms with Crippen molar-refractivity contribution in [2.75, 3.05) is 0 Å². The zero-order chi connectivity index (χ0) is 16.8. The fourth-order valence-corrected chi connectivity index (χ4v) is 7.85. The lowest BCUT2D eigenvalue weighted by atomic mass is 9.26. The van der Waals surface area contributed by atoms with Crippen molar-refractivity contribution in [2.45, 2.75) is 80.1 Å². The van der Waals surface area contributed by atoms with Gasteiger partial charge < -0.3 is 0 Å². The minimum atomic E-state index is 0.313. The van der Waals surface area contributed by atoms with E-state index in [9.17, 15) is 4.79 Å². The molecule has 0 saturated heterocycles. The molecule has 4 aliphatic rings. The Labute approximate surface area is 142 Å². The van der Waals surface area contributed by atoms with E-state index in [2.05, 4.69) is 41.5 Å². The van der Waals surface area contributed by atoms with Crippen molar-refractivity contribution < 1.29 is 4.79 Å². The molecule has 128 valence electrons. The van der Waals surface area contributed by atoms with Gasteiger partial charge in [0, 0.05) is 6.42 Å². The summed E-state index contributed by atoms with van der Waals surface area (Å²) in [5.41, 5.74) is 3.20. The van der Waals surface area contributed by atoms with Gasteiger partial charge in [0.05, 0.1) is 0 Å². The lowest BCUT2D eigenvalue weighted by Gasteiger charge is -2.78. The second kappa shape index (κ2) is 4.33. The molecule has 23 heavy (non-hydrogen) atoms. The van der Waals surface area contributed by atoms with Gasteiger partial charge in [-0.1, -0.05) is 47.1 Å². The summed E-state index contributed by atoms with van der Waals surface area (Å²) in [6, 6.07) is 0. The number of allylic oxidation sites excluding steroid dienone is 2. The topological polar surface area (TPSA) is 17.1 Å². The Hall–Kier alpha value is -0.590. The van der Waals surface area contributed by atoms with E-state index in [4.69, 9.17) is 0 Å². The van der Waals surface area contributed by atoms with Crippen molar-refractivity contribution >= 4 is 5.78 Å². The molecule has 0 amide bonds. The molecule has 0 aromatic carbocycles. The quantitative estimate of drug-likeness (QED) is 0.553. The largest absolute Gasteiger partial charge is 0.295 e. The Morgan fingerprint density at radius 3 is 2.35 bits per heavy atom. The van der Waals surface area contributed by atoms with Crippen molar-refractivity contribution in [2.24, 2.45) is 39.4 Å². The maximum Gasteiger partial charge on any atom is 0.155 e. The molecule has 0 bridgehead atoms. The number of fused-ring (bicyclic) bond motifs is 5. The first-order chi connectivity index (χ1) is 10.6. The van der Waals surface area contributed by atoms with Crippen LogP contribution < -0.4 is 0 Å². The van der Waals surface area contributed by atoms with Gasteiger partial charge in [-0.2, -0.15) is 0 Å². The SMILES string of the molecule is CC12CCC(=O)C=C1CCC1C2CCC2(C)C1C(C)(C)C2(C)C. The Morgan fingerprint density at radius 2 is 1.65 bits per heavy atom. The first kappa shape index (κ1) is 15.9. The number of ketones is 1. The lowest BCUT2D eigenvalue weighted by molar-refractivity contribution is -0.294. The summed E-state index contributed by atoms with van der Waals surface area (Å²) in [6.45, 7) is 15.1. The smallest absolute Gasteiger partial charge is 0.155 e. The highest BCUT2D eigenvalue weighted by Gasteiger charge is 2.73. The Morgan fingerprint density at radius 1 is 0.957 bits per heavy atom. The van der Waals surface area contributed by atoms with E-state index >= 15 is 0 Å². The number of hydrogen-bond donors (Lipinski definition) is 0. The van der Waals surface area contributed by atoms with E-state index in [1.807, 2.05) is 6.08 Å². The molecule has 0 aromatic rings. The normalized spacial score (nSPS) is 50.1. The highest BCUT2D eigenvalue weighted by Crippen LogP contribution is 2.79. The molecule has 3 saturated carbocycles. The summed E-state index contributed by atoms with van der Waals surface area (Å²) in [7, 11) is 0. The first-order valence-corrected chi connectivity index (χ1v) is 9.79. The molecule has 0 aliphatic heterocycles. The number of carbonyl (C=O) groups excluding carboxylic acids is 1. The molecule has 3 fully saturated rings. The van der Waals surface area contributed by atoms with Crippen LogP contribution in [0.5, 0.6) is 0 Å². The van der Waals surface area contributed by atoms with Gasteiger partial charge >= 0.3 is 0 Å². The summed E-state index contributed by atoms with van der Waals surface area (Å²) >= 11 is 0. The first-order valence-electron chi connectivity index (χ1n) is 9.79. The van der Waals surface area contributed by atoms with E-state index in [1.165, 1.54) is 31.3 Å². The van der Waals surface area contributed by atoms with Crippen LogP contribution in [0.3, 0.4) is 0 Å². The molecule has 5 unspecified atom stereocenters. The van der Waals surface area contributed by atoms with Gasteiger partial charge in [-0.25, -0.2) is 0 Å². The van der Waals surface area contributed by atoms with Crippen molar-refractivity contribution in [3.05, 3.63) is 11.6 Å². The maximum atomic E-state index is 11.9. The third-order valence-electron chi connectivity index (χ3n) is 9.95. The molecule has 4 rings (SSSR count). The van der Waals surface area contributed by atoms with E-state index in [1.54, 1.807) is 0 Å². The number of carbonyl (C=O) groups is 1. The van der Waals surface area contributed by atoms with Crippen molar-refractivity contribution in [1.82, 2.24) is 0 Å². The Kier molecular flexibility index (Phi) is 2.99. The summed E-state index contributed by atoms with van der Waals surface area (Å²) in [5.74, 6) is 2.91. The summed E-state index contributed by atoms with van der Waals surface area (Å²) in [6.07, 6.45) is 9.16. The van der Waals surface area contributed by atoms with Crippen LogP contribution in [-0.4, -0.2) is 5.78 Å². The molecule has 0 aromatic heterocycles. The molecular formula is C22H34O. The van der Waals surface area contributed by atoms with Crippen molar-refractivity contribution in [1.29, 1.82) is 0 Å². The van der Waals surface area contributed by atoms with Crippen LogP contribution in [0.1, 0.15) is 80.1 Å². The van der Waals surface area contributed by atoms with E-state index < -0.39 is 0 Å². The summed E-state index contributed by atoms with van der Waals surface area (Å²) in [4.78, 5) is 11.9. The summed E-state index contributed by atoms with van der Waals surface area (Å²) < 4.78 is 0. The second-order valence-electron chi connectivity index (χ2n) is 10.6. The summed E-state index contributed by atoms with van der Waals surface area (Å²) in [5, 5.41) is 0. The van der Waals surface area contributed by atoms with E-state index in [0.29, 0.717) is 27.4 Å². The monoisotopic (exact) mass is 314 g/mol. The molecule has 1 heteroatoms. The predicted molar refractivity (Wildman–Crippen MR) is 95.0 cm³/mol. The zero-order valence-electron chi connectivity index (χ0n) is 16.0. The molecule has 5 atom stereocenters. The molecular weight excluding hydrogens is 280 g/mol. The molecule has 0 N–H and O–H groups in total. The molecule has 0 heterocycles. The minimum Gasteiger partial charge on any atom is -0.295 e. The molecule has 4 aliphatic carbocycles. The Bertz CT molecular complexity index is 595. The van der Waals surface area contributed by atoms with Crippen LogP contribution in [0, 0.1) is 39.4 Å². The van der Waals surface area contributed by atoms with Crippen LogP contribution in [-0.2, 0) is 4.79 Å².